The molecule has 0 saturated heterocycles. The van der Waals surface area contributed by atoms with Gasteiger partial charge in [0.25, 0.3) is 5.91 Å². The van der Waals surface area contributed by atoms with Crippen LogP contribution in [0.2, 0.25) is 5.02 Å². The molecule has 0 atom stereocenters. The highest BCUT2D eigenvalue weighted by molar-refractivity contribution is 6.33. The van der Waals surface area contributed by atoms with Gasteiger partial charge in [0.2, 0.25) is 0 Å². The number of hydrogen-bond donors (Lipinski definition) is 1. The van der Waals surface area contributed by atoms with Crippen LogP contribution in [0.1, 0.15) is 22.3 Å². The molecule has 0 spiro atoms. The summed E-state index contributed by atoms with van der Waals surface area (Å²) in [5.74, 6) is -1.46. The van der Waals surface area contributed by atoms with Crippen molar-refractivity contribution >= 4 is 23.5 Å². The summed E-state index contributed by atoms with van der Waals surface area (Å²) in [6.07, 6.45) is 0.0498. The normalized spacial score (nSPS) is 10.0. The highest BCUT2D eigenvalue weighted by atomic mass is 35.5. The van der Waals surface area contributed by atoms with Crippen LogP contribution in [-0.2, 0) is 9.53 Å². The second kappa shape index (κ2) is 6.35. The SMILES string of the molecule is COC(=O)CCNC(=O)c1cc(F)c(C)cc1Cl. The van der Waals surface area contributed by atoms with Gasteiger partial charge < -0.3 is 10.1 Å². The van der Waals surface area contributed by atoms with E-state index in [4.69, 9.17) is 11.6 Å². The molecule has 1 rings (SSSR count). The molecule has 0 saturated carbocycles. The van der Waals surface area contributed by atoms with E-state index >= 15 is 0 Å². The average molecular weight is 274 g/mol. The van der Waals surface area contributed by atoms with Gasteiger partial charge in [-0.05, 0) is 24.6 Å². The predicted octanol–water partition coefficient (Wildman–Crippen LogP) is 2.08. The maximum atomic E-state index is 13.3. The number of nitrogens with one attached hydrogen (secondary N) is 1. The fourth-order valence-corrected chi connectivity index (χ4v) is 1.60. The first-order chi connectivity index (χ1) is 8.45. The lowest BCUT2D eigenvalue weighted by atomic mass is 10.1. The number of hydrogen-bond acceptors (Lipinski definition) is 3. The first kappa shape index (κ1) is 14.4. The maximum absolute atomic E-state index is 13.3. The molecule has 1 aromatic rings. The fraction of sp³-hybridized carbons (Fsp3) is 0.333. The molecular formula is C12H13ClFNO3. The topological polar surface area (TPSA) is 55.4 Å². The molecule has 6 heteroatoms. The predicted molar refractivity (Wildman–Crippen MR) is 65.1 cm³/mol. The lowest BCUT2D eigenvalue weighted by Gasteiger charge is -2.07. The Morgan fingerprint density at radius 1 is 1.44 bits per heavy atom. The molecule has 0 aromatic heterocycles. The van der Waals surface area contributed by atoms with Gasteiger partial charge in [0.05, 0.1) is 24.1 Å². The number of carbonyl (C=O) groups excluding carboxylic acids is 2. The summed E-state index contributed by atoms with van der Waals surface area (Å²) in [5.41, 5.74) is 0.413. The van der Waals surface area contributed by atoms with Crippen LogP contribution in [0.5, 0.6) is 0 Å². The van der Waals surface area contributed by atoms with Crippen molar-refractivity contribution in [3.05, 3.63) is 34.1 Å². The largest absolute Gasteiger partial charge is 0.469 e. The second-order valence-corrected chi connectivity index (χ2v) is 4.07. The smallest absolute Gasteiger partial charge is 0.307 e. The number of benzene rings is 1. The number of esters is 1. The van der Waals surface area contributed by atoms with Crippen molar-refractivity contribution in [1.29, 1.82) is 0 Å². The van der Waals surface area contributed by atoms with Crippen molar-refractivity contribution < 1.29 is 18.7 Å². The fourth-order valence-electron chi connectivity index (χ4n) is 1.30. The summed E-state index contributed by atoms with van der Waals surface area (Å²) in [6.45, 7) is 1.66. The maximum Gasteiger partial charge on any atom is 0.307 e. The summed E-state index contributed by atoms with van der Waals surface area (Å²) in [4.78, 5) is 22.5. The molecule has 98 valence electrons. The van der Waals surface area contributed by atoms with E-state index in [1.807, 2.05) is 0 Å². The van der Waals surface area contributed by atoms with Crippen molar-refractivity contribution in [2.45, 2.75) is 13.3 Å². The molecule has 0 aliphatic heterocycles. The third-order valence-electron chi connectivity index (χ3n) is 2.34. The van der Waals surface area contributed by atoms with E-state index in [9.17, 15) is 14.0 Å². The second-order valence-electron chi connectivity index (χ2n) is 3.66. The van der Waals surface area contributed by atoms with Gasteiger partial charge >= 0.3 is 5.97 Å². The quantitative estimate of drug-likeness (QED) is 0.855. The van der Waals surface area contributed by atoms with Crippen molar-refractivity contribution in [2.75, 3.05) is 13.7 Å². The Hall–Kier alpha value is -1.62. The Morgan fingerprint density at radius 2 is 2.11 bits per heavy atom. The molecule has 0 unspecified atom stereocenters. The van der Waals surface area contributed by atoms with E-state index in [-0.39, 0.29) is 23.6 Å². The van der Waals surface area contributed by atoms with Gasteiger partial charge in [-0.25, -0.2) is 4.39 Å². The molecule has 18 heavy (non-hydrogen) atoms. The zero-order chi connectivity index (χ0) is 13.7. The standard InChI is InChI=1S/C12H13ClFNO3/c1-7-5-9(13)8(6-10(7)14)12(17)15-4-3-11(16)18-2/h5-6H,3-4H2,1-2H3,(H,15,17). The summed E-state index contributed by atoms with van der Waals surface area (Å²) in [5, 5.41) is 2.63. The number of carbonyl (C=O) groups is 2. The molecule has 0 aliphatic carbocycles. The van der Waals surface area contributed by atoms with E-state index < -0.39 is 17.7 Å². The zero-order valence-corrected chi connectivity index (χ0v) is 10.8. The molecule has 1 aromatic carbocycles. The van der Waals surface area contributed by atoms with Crippen molar-refractivity contribution in [3.8, 4) is 0 Å². The van der Waals surface area contributed by atoms with E-state index in [2.05, 4.69) is 10.1 Å². The van der Waals surface area contributed by atoms with Crippen molar-refractivity contribution in [1.82, 2.24) is 5.32 Å². The molecule has 0 bridgehead atoms. The van der Waals surface area contributed by atoms with Crippen LogP contribution in [0.4, 0.5) is 4.39 Å². The first-order valence-corrected chi connectivity index (χ1v) is 5.64. The number of amides is 1. The highest BCUT2D eigenvalue weighted by Crippen LogP contribution is 2.20. The van der Waals surface area contributed by atoms with Gasteiger partial charge in [-0.1, -0.05) is 11.6 Å². The van der Waals surface area contributed by atoms with Crippen LogP contribution in [0, 0.1) is 12.7 Å². The van der Waals surface area contributed by atoms with Crippen LogP contribution in [-0.4, -0.2) is 25.5 Å². The van der Waals surface area contributed by atoms with E-state index in [1.165, 1.54) is 13.2 Å². The van der Waals surface area contributed by atoms with E-state index in [0.29, 0.717) is 5.56 Å². The Kier molecular flexibility index (Phi) is 5.09. The summed E-state index contributed by atoms with van der Waals surface area (Å²) < 4.78 is 17.7. The summed E-state index contributed by atoms with van der Waals surface area (Å²) >= 11 is 5.85. The van der Waals surface area contributed by atoms with Crippen LogP contribution in [0.15, 0.2) is 12.1 Å². The van der Waals surface area contributed by atoms with Gasteiger partial charge in [0.1, 0.15) is 5.82 Å². The number of methoxy groups -OCH3 is 1. The third-order valence-corrected chi connectivity index (χ3v) is 2.65. The zero-order valence-electron chi connectivity index (χ0n) is 10.0. The Bertz CT molecular complexity index is 477. The summed E-state index contributed by atoms with van der Waals surface area (Å²) in [6, 6.07) is 2.46. The van der Waals surface area contributed by atoms with Crippen LogP contribution in [0.3, 0.4) is 0 Å². The van der Waals surface area contributed by atoms with Gasteiger partial charge in [0, 0.05) is 6.54 Å². The van der Waals surface area contributed by atoms with Crippen LogP contribution < -0.4 is 5.32 Å². The van der Waals surface area contributed by atoms with E-state index in [0.717, 1.165) is 6.07 Å². The number of halogens is 2. The van der Waals surface area contributed by atoms with Gasteiger partial charge in [0.15, 0.2) is 0 Å². The first-order valence-electron chi connectivity index (χ1n) is 5.26. The molecule has 0 radical (unpaired) electrons. The number of rotatable bonds is 4. The van der Waals surface area contributed by atoms with Crippen LogP contribution in [0.25, 0.3) is 0 Å². The molecular weight excluding hydrogens is 261 g/mol. The highest BCUT2D eigenvalue weighted by Gasteiger charge is 2.13. The minimum atomic E-state index is -0.525. The number of aryl methyl sites for hydroxylation is 1. The molecule has 0 fully saturated rings. The average Bonchev–Trinajstić information content (AvgIpc) is 2.33. The number of ether oxygens (including phenoxy) is 1. The molecule has 0 heterocycles. The van der Waals surface area contributed by atoms with Gasteiger partial charge in [-0.15, -0.1) is 0 Å². The Labute approximate surface area is 109 Å². The third kappa shape index (κ3) is 3.70. The minimum Gasteiger partial charge on any atom is -0.469 e. The van der Waals surface area contributed by atoms with Crippen LogP contribution >= 0.6 is 11.6 Å². The monoisotopic (exact) mass is 273 g/mol. The molecule has 1 N–H and O–H groups in total. The van der Waals surface area contributed by atoms with Gasteiger partial charge in [-0.2, -0.15) is 0 Å². The molecule has 1 amide bonds. The minimum absolute atomic E-state index is 0.0460. The van der Waals surface area contributed by atoms with Crippen molar-refractivity contribution in [3.63, 3.8) is 0 Å². The molecule has 4 nitrogen and oxygen atoms in total. The molecule has 0 aliphatic rings. The van der Waals surface area contributed by atoms with E-state index in [1.54, 1.807) is 6.92 Å². The summed E-state index contributed by atoms with van der Waals surface area (Å²) in [7, 11) is 1.26. The van der Waals surface area contributed by atoms with Gasteiger partial charge in [-0.3, -0.25) is 9.59 Å². The lowest BCUT2D eigenvalue weighted by Crippen LogP contribution is -2.26. The Balaban J connectivity index is 2.67. The lowest BCUT2D eigenvalue weighted by molar-refractivity contribution is -0.140. The van der Waals surface area contributed by atoms with Crippen molar-refractivity contribution in [2.24, 2.45) is 0 Å². The Morgan fingerprint density at radius 3 is 2.72 bits per heavy atom.